The Labute approximate surface area is 211 Å². The average Bonchev–Trinajstić information content (AvgIpc) is 3.38. The lowest BCUT2D eigenvalue weighted by molar-refractivity contribution is 0.275. The second-order valence-corrected chi connectivity index (χ2v) is 9.09. The van der Waals surface area contributed by atoms with E-state index in [2.05, 4.69) is 23.0 Å². The lowest BCUT2D eigenvalue weighted by atomic mass is 9.95. The maximum Gasteiger partial charge on any atom is 0.145 e. The fourth-order valence-electron chi connectivity index (χ4n) is 4.62. The van der Waals surface area contributed by atoms with Crippen LogP contribution in [0.4, 0.5) is 4.39 Å². The highest BCUT2D eigenvalue weighted by atomic mass is 19.1. The predicted molar refractivity (Wildman–Crippen MR) is 139 cm³/mol. The third-order valence-corrected chi connectivity index (χ3v) is 6.64. The highest BCUT2D eigenvalue weighted by Crippen LogP contribution is 2.38. The lowest BCUT2D eigenvalue weighted by Crippen LogP contribution is -2.24. The standard InChI is InChI=1S/C23H18FN3O2.C6H13N/c1-14-7-17(8-20(24)19(14)12-28)23-18(16-5-3-15(10-25)4-6-16)9-22(29-2)21-11-26-13-27(21)23;1-7-5-3-2-4-6-7/h3-9,11,13,28H,12H2,1-2H3;2-6H2,1H3. The first-order valence-electron chi connectivity index (χ1n) is 12.1. The fourth-order valence-corrected chi connectivity index (χ4v) is 4.62. The Balaban J connectivity index is 0.000000375. The molecule has 2 aromatic heterocycles. The van der Waals surface area contributed by atoms with Gasteiger partial charge in [0.15, 0.2) is 0 Å². The van der Waals surface area contributed by atoms with Crippen molar-refractivity contribution >= 4 is 5.52 Å². The first-order valence-corrected chi connectivity index (χ1v) is 12.1. The molecule has 1 aliphatic heterocycles. The minimum Gasteiger partial charge on any atom is -0.494 e. The Morgan fingerprint density at radius 3 is 2.36 bits per heavy atom. The van der Waals surface area contributed by atoms with Crippen molar-refractivity contribution in [3.8, 4) is 34.2 Å². The van der Waals surface area contributed by atoms with Crippen LogP contribution in [0.2, 0.25) is 0 Å². The van der Waals surface area contributed by atoms with Gasteiger partial charge >= 0.3 is 0 Å². The first kappa shape index (κ1) is 25.4. The highest BCUT2D eigenvalue weighted by Gasteiger charge is 2.18. The van der Waals surface area contributed by atoms with Crippen LogP contribution in [-0.4, -0.2) is 46.6 Å². The number of piperidine rings is 1. The molecule has 2 aromatic carbocycles. The van der Waals surface area contributed by atoms with E-state index in [9.17, 15) is 9.50 Å². The van der Waals surface area contributed by atoms with Gasteiger partial charge in [-0.05, 0) is 81.4 Å². The molecule has 0 radical (unpaired) electrons. The number of likely N-dealkylation sites (tertiary alicyclic amines) is 1. The summed E-state index contributed by atoms with van der Waals surface area (Å²) < 4.78 is 22.1. The summed E-state index contributed by atoms with van der Waals surface area (Å²) in [5.41, 5.74) is 5.33. The third kappa shape index (κ3) is 5.25. The van der Waals surface area contributed by atoms with E-state index in [1.54, 1.807) is 38.7 Å². The Morgan fingerprint density at radius 1 is 1.08 bits per heavy atom. The van der Waals surface area contributed by atoms with E-state index >= 15 is 0 Å². The van der Waals surface area contributed by atoms with Crippen molar-refractivity contribution in [3.05, 3.63) is 77.5 Å². The van der Waals surface area contributed by atoms with Crippen LogP contribution in [0, 0.1) is 24.1 Å². The topological polar surface area (TPSA) is 73.8 Å². The summed E-state index contributed by atoms with van der Waals surface area (Å²) in [5, 5.41) is 18.5. The van der Waals surface area contributed by atoms with Crippen LogP contribution < -0.4 is 4.74 Å². The first-order chi connectivity index (χ1) is 17.5. The van der Waals surface area contributed by atoms with Gasteiger partial charge in [-0.3, -0.25) is 4.40 Å². The number of rotatable bonds is 4. The van der Waals surface area contributed by atoms with E-state index in [4.69, 9.17) is 10.00 Å². The zero-order chi connectivity index (χ0) is 25.7. The molecule has 1 N–H and O–H groups in total. The van der Waals surface area contributed by atoms with Crippen molar-refractivity contribution in [1.29, 1.82) is 5.26 Å². The van der Waals surface area contributed by atoms with Crippen molar-refractivity contribution in [1.82, 2.24) is 14.3 Å². The van der Waals surface area contributed by atoms with Gasteiger partial charge < -0.3 is 14.7 Å². The van der Waals surface area contributed by atoms with Crippen molar-refractivity contribution < 1.29 is 14.2 Å². The maximum absolute atomic E-state index is 14.7. The number of nitriles is 1. The van der Waals surface area contributed by atoms with Gasteiger partial charge in [-0.25, -0.2) is 9.37 Å². The van der Waals surface area contributed by atoms with Gasteiger partial charge in [0.2, 0.25) is 0 Å². The molecule has 7 heteroatoms. The molecule has 1 saturated heterocycles. The smallest absolute Gasteiger partial charge is 0.145 e. The Bertz CT molecular complexity index is 1360. The minimum atomic E-state index is -0.461. The molecule has 0 unspecified atom stereocenters. The summed E-state index contributed by atoms with van der Waals surface area (Å²) in [7, 11) is 3.78. The van der Waals surface area contributed by atoms with Gasteiger partial charge in [-0.15, -0.1) is 0 Å². The number of imidazole rings is 1. The molecule has 0 atom stereocenters. The molecule has 1 fully saturated rings. The zero-order valence-corrected chi connectivity index (χ0v) is 21.0. The summed E-state index contributed by atoms with van der Waals surface area (Å²) in [6, 6.07) is 14.5. The van der Waals surface area contributed by atoms with Crippen molar-refractivity contribution in [3.63, 3.8) is 0 Å². The van der Waals surface area contributed by atoms with E-state index in [0.717, 1.165) is 22.3 Å². The second kappa shape index (κ2) is 11.3. The molecule has 4 aromatic rings. The van der Waals surface area contributed by atoms with E-state index < -0.39 is 5.82 Å². The normalized spacial score (nSPS) is 13.7. The zero-order valence-electron chi connectivity index (χ0n) is 21.0. The number of aliphatic hydroxyl groups excluding tert-OH is 1. The molecular weight excluding hydrogens is 455 g/mol. The molecule has 186 valence electrons. The van der Waals surface area contributed by atoms with E-state index in [0.29, 0.717) is 22.4 Å². The third-order valence-electron chi connectivity index (χ3n) is 6.64. The van der Waals surface area contributed by atoms with E-state index in [1.807, 2.05) is 28.7 Å². The quantitative estimate of drug-likeness (QED) is 0.407. The summed E-state index contributed by atoms with van der Waals surface area (Å²) in [5.74, 6) is 0.173. The summed E-state index contributed by atoms with van der Waals surface area (Å²) in [6.07, 6.45) is 7.63. The van der Waals surface area contributed by atoms with Crippen molar-refractivity contribution in [2.75, 3.05) is 27.2 Å². The Hall–Kier alpha value is -3.73. The maximum atomic E-state index is 14.7. The number of nitrogens with zero attached hydrogens (tertiary/aromatic N) is 4. The van der Waals surface area contributed by atoms with Crippen LogP contribution in [0.25, 0.3) is 27.9 Å². The molecule has 3 heterocycles. The van der Waals surface area contributed by atoms with Crippen LogP contribution in [0.3, 0.4) is 0 Å². The van der Waals surface area contributed by atoms with Crippen LogP contribution in [0.5, 0.6) is 5.75 Å². The van der Waals surface area contributed by atoms with Gasteiger partial charge in [-0.2, -0.15) is 5.26 Å². The van der Waals surface area contributed by atoms with E-state index in [-0.39, 0.29) is 12.2 Å². The average molecular weight is 487 g/mol. The number of halogens is 1. The summed E-state index contributed by atoms with van der Waals surface area (Å²) in [6.45, 7) is 4.05. The minimum absolute atomic E-state index is 0.282. The Morgan fingerprint density at radius 2 is 1.81 bits per heavy atom. The molecule has 0 bridgehead atoms. The number of benzene rings is 2. The van der Waals surface area contributed by atoms with Gasteiger partial charge in [0.05, 0.1) is 43.6 Å². The lowest BCUT2D eigenvalue weighted by Gasteiger charge is -2.20. The van der Waals surface area contributed by atoms with Crippen LogP contribution in [-0.2, 0) is 6.61 Å². The van der Waals surface area contributed by atoms with Gasteiger partial charge in [-0.1, -0.05) is 18.6 Å². The summed E-state index contributed by atoms with van der Waals surface area (Å²) >= 11 is 0. The number of aryl methyl sites for hydroxylation is 1. The molecule has 1 aliphatic rings. The van der Waals surface area contributed by atoms with Crippen molar-refractivity contribution in [2.24, 2.45) is 0 Å². The Kier molecular flexibility index (Phi) is 7.99. The number of fused-ring (bicyclic) bond motifs is 1. The summed E-state index contributed by atoms with van der Waals surface area (Å²) in [4.78, 5) is 6.64. The van der Waals surface area contributed by atoms with Gasteiger partial charge in [0, 0.05) is 16.7 Å². The van der Waals surface area contributed by atoms with E-state index in [1.165, 1.54) is 38.4 Å². The number of methoxy groups -OCH3 is 1. The van der Waals surface area contributed by atoms with Gasteiger partial charge in [0.1, 0.15) is 17.1 Å². The highest BCUT2D eigenvalue weighted by molar-refractivity contribution is 5.86. The number of aliphatic hydroxyl groups is 1. The number of pyridine rings is 1. The molecule has 5 rings (SSSR count). The predicted octanol–water partition coefficient (Wildman–Crippen LogP) is 5.59. The molecule has 36 heavy (non-hydrogen) atoms. The SMILES string of the molecule is CN1CCCCC1.COc1cc(-c2ccc(C#N)cc2)c(-c2cc(C)c(CO)c(F)c2)n2cncc12. The molecular formula is C29H31FN4O2. The number of aromatic nitrogens is 2. The molecule has 0 aliphatic carbocycles. The second-order valence-electron chi connectivity index (χ2n) is 9.09. The van der Waals surface area contributed by atoms with Gasteiger partial charge in [0.25, 0.3) is 0 Å². The largest absolute Gasteiger partial charge is 0.494 e. The molecule has 0 amide bonds. The molecule has 6 nitrogen and oxygen atoms in total. The molecule has 0 saturated carbocycles. The number of hydrogen-bond acceptors (Lipinski definition) is 5. The molecule has 0 spiro atoms. The number of ether oxygens (including phenoxy) is 1. The van der Waals surface area contributed by atoms with Crippen LogP contribution in [0.15, 0.2) is 55.0 Å². The van der Waals surface area contributed by atoms with Crippen molar-refractivity contribution in [2.45, 2.75) is 32.8 Å². The fraction of sp³-hybridized carbons (Fsp3) is 0.310. The number of hydrogen-bond donors (Lipinski definition) is 1. The van der Waals surface area contributed by atoms with Crippen LogP contribution in [0.1, 0.15) is 36.0 Å². The monoisotopic (exact) mass is 486 g/mol. The van der Waals surface area contributed by atoms with Crippen LogP contribution >= 0.6 is 0 Å².